The lowest BCUT2D eigenvalue weighted by Crippen LogP contribution is -2.48. The summed E-state index contributed by atoms with van der Waals surface area (Å²) >= 11 is 0. The summed E-state index contributed by atoms with van der Waals surface area (Å²) in [7, 11) is -6.68. The molecule has 3 aromatic carbocycles. The molecule has 3 aromatic rings. The molecular weight excluding hydrogens is 630 g/mol. The van der Waals surface area contributed by atoms with Crippen molar-refractivity contribution in [1.29, 1.82) is 0 Å². The van der Waals surface area contributed by atoms with E-state index in [1.165, 1.54) is 36.4 Å². The molecule has 1 atom stereocenters. The number of likely N-dealkylation sites (N-methyl/N-ethyl adjacent to an activating group) is 1. The van der Waals surface area contributed by atoms with Crippen LogP contribution in [0.4, 0.5) is 8.78 Å². The van der Waals surface area contributed by atoms with Crippen LogP contribution in [-0.4, -0.2) is 77.3 Å². The lowest BCUT2D eigenvalue weighted by atomic mass is 9.88. The fourth-order valence-electron chi connectivity index (χ4n) is 5.78. The van der Waals surface area contributed by atoms with Gasteiger partial charge in [-0.15, -0.1) is 12.4 Å². The average Bonchev–Trinajstić information content (AvgIpc) is 2.93. The Hall–Kier alpha value is -2.86. The number of sulfone groups is 2. The zero-order chi connectivity index (χ0) is 31.4. The van der Waals surface area contributed by atoms with E-state index >= 15 is 0 Å². The van der Waals surface area contributed by atoms with E-state index in [1.54, 1.807) is 24.3 Å². The summed E-state index contributed by atoms with van der Waals surface area (Å²) in [4.78, 5) is 17.8. The van der Waals surface area contributed by atoms with E-state index < -0.39 is 31.3 Å². The Bertz CT molecular complexity index is 1620. The number of halogens is 3. The summed E-state index contributed by atoms with van der Waals surface area (Å²) in [6, 6.07) is 16.4. The van der Waals surface area contributed by atoms with Crippen molar-refractivity contribution in [2.75, 3.05) is 38.7 Å². The molecule has 7 nitrogen and oxygen atoms in total. The maximum Gasteiger partial charge on any atom is 0.227 e. The van der Waals surface area contributed by atoms with Gasteiger partial charge in [0.2, 0.25) is 5.91 Å². The van der Waals surface area contributed by atoms with Gasteiger partial charge in [0.1, 0.15) is 11.6 Å². The van der Waals surface area contributed by atoms with Gasteiger partial charge in [0.15, 0.2) is 19.7 Å². The topological polar surface area (TPSA) is 91.8 Å². The number of hydrogen-bond acceptors (Lipinski definition) is 6. The van der Waals surface area contributed by atoms with Gasteiger partial charge in [-0.25, -0.2) is 25.6 Å². The van der Waals surface area contributed by atoms with Crippen LogP contribution in [-0.2, 0) is 30.9 Å². The lowest BCUT2D eigenvalue weighted by Gasteiger charge is -2.38. The molecule has 0 bridgehead atoms. The Morgan fingerprint density at radius 2 is 1.34 bits per heavy atom. The van der Waals surface area contributed by atoms with Crippen molar-refractivity contribution < 1.29 is 30.4 Å². The first-order chi connectivity index (χ1) is 20.2. The number of carbonyl (C=O) groups excluding carboxylic acids is 1. The summed E-state index contributed by atoms with van der Waals surface area (Å²) in [6.07, 6.45) is 4.63. The molecule has 12 heteroatoms. The molecule has 44 heavy (non-hydrogen) atoms. The molecule has 0 aromatic heterocycles. The zero-order valence-electron chi connectivity index (χ0n) is 25.1. The highest BCUT2D eigenvalue weighted by Crippen LogP contribution is 2.31. The molecule has 4 rings (SSSR count). The third-order valence-electron chi connectivity index (χ3n) is 8.10. The van der Waals surface area contributed by atoms with Gasteiger partial charge in [-0.1, -0.05) is 24.3 Å². The summed E-state index contributed by atoms with van der Waals surface area (Å²) in [5.74, 6) is -1.66. The van der Waals surface area contributed by atoms with Crippen LogP contribution in [0, 0.1) is 11.6 Å². The second-order valence-corrected chi connectivity index (χ2v) is 15.3. The zero-order valence-corrected chi connectivity index (χ0v) is 27.5. The molecule has 0 aliphatic carbocycles. The van der Waals surface area contributed by atoms with Crippen LogP contribution in [0.25, 0.3) is 0 Å². The van der Waals surface area contributed by atoms with Crippen molar-refractivity contribution in [2.24, 2.45) is 0 Å². The Morgan fingerprint density at radius 1 is 0.841 bits per heavy atom. The van der Waals surface area contributed by atoms with Gasteiger partial charge in [-0.3, -0.25) is 4.79 Å². The van der Waals surface area contributed by atoms with E-state index in [4.69, 9.17) is 0 Å². The van der Waals surface area contributed by atoms with Gasteiger partial charge in [0.25, 0.3) is 0 Å². The molecule has 240 valence electrons. The minimum absolute atomic E-state index is 0. The van der Waals surface area contributed by atoms with Crippen molar-refractivity contribution in [3.05, 3.63) is 95.1 Å². The maximum atomic E-state index is 14.2. The number of hydrogen-bond donors (Lipinski definition) is 0. The number of likely N-dealkylation sites (tertiary alicyclic amines) is 1. The van der Waals surface area contributed by atoms with Crippen LogP contribution in [0.15, 0.2) is 76.5 Å². The quantitative estimate of drug-likeness (QED) is 0.277. The minimum atomic E-state index is -3.38. The van der Waals surface area contributed by atoms with Crippen LogP contribution in [0.2, 0.25) is 0 Å². The molecule has 1 unspecified atom stereocenters. The van der Waals surface area contributed by atoms with Crippen LogP contribution in [0.3, 0.4) is 0 Å². The van der Waals surface area contributed by atoms with E-state index in [0.717, 1.165) is 55.6 Å². The van der Waals surface area contributed by atoms with Crippen LogP contribution in [0.1, 0.15) is 48.8 Å². The molecule has 0 spiro atoms. The first-order valence-corrected chi connectivity index (χ1v) is 18.1. The number of benzene rings is 3. The normalized spacial score (nSPS) is 15.4. The van der Waals surface area contributed by atoms with E-state index in [1.807, 2.05) is 11.8 Å². The van der Waals surface area contributed by atoms with Gasteiger partial charge in [-0.2, -0.15) is 0 Å². The number of nitrogens with zero attached hydrogens (tertiary/aromatic N) is 2. The smallest absolute Gasteiger partial charge is 0.227 e. The third-order valence-corrected chi connectivity index (χ3v) is 10.4. The summed E-state index contributed by atoms with van der Waals surface area (Å²) in [5.41, 5.74) is 2.03. The van der Waals surface area contributed by atoms with Crippen molar-refractivity contribution in [3.8, 4) is 0 Å². The molecule has 1 heterocycles. The Labute approximate surface area is 265 Å². The van der Waals surface area contributed by atoms with E-state index in [9.17, 15) is 30.4 Å². The fourth-order valence-corrected chi connectivity index (χ4v) is 7.05. The summed E-state index contributed by atoms with van der Waals surface area (Å²) in [5, 5.41) is 0. The largest absolute Gasteiger partial charge is 0.340 e. The second-order valence-electron chi connectivity index (χ2n) is 11.2. The highest BCUT2D eigenvalue weighted by atomic mass is 35.5. The van der Waals surface area contributed by atoms with E-state index in [2.05, 4.69) is 4.90 Å². The van der Waals surface area contributed by atoms with Crippen molar-refractivity contribution in [1.82, 2.24) is 9.80 Å². The van der Waals surface area contributed by atoms with E-state index in [0.29, 0.717) is 25.1 Å². The molecule has 1 saturated heterocycles. The standard InChI is InChI=1S/C32H38F2N2O5S2.ClH/c1-4-36(32(37)19-23-5-9-29(10-6-23)42(2,38)39)28-13-16-35(17-14-28)18-15-31(25-20-26(33)22-27(34)21-25)24-7-11-30(12-8-24)43(3,40)41;/h5-12,20-22,28,31H,4,13-19H2,1-3H3;1H. The second kappa shape index (κ2) is 14.9. The Kier molecular flexibility index (Phi) is 12.1. The van der Waals surface area contributed by atoms with E-state index in [-0.39, 0.29) is 46.5 Å². The number of rotatable bonds is 11. The first kappa shape index (κ1) is 35.6. The van der Waals surface area contributed by atoms with Gasteiger partial charge in [-0.05, 0) is 85.8 Å². The molecule has 0 N–H and O–H groups in total. The van der Waals surface area contributed by atoms with Crippen molar-refractivity contribution in [2.45, 2.75) is 54.4 Å². The molecular formula is C32H39ClF2N2O5S2. The predicted octanol–water partition coefficient (Wildman–Crippen LogP) is 5.27. The van der Waals surface area contributed by atoms with Gasteiger partial charge >= 0.3 is 0 Å². The number of amides is 1. The van der Waals surface area contributed by atoms with Crippen LogP contribution in [0.5, 0.6) is 0 Å². The first-order valence-electron chi connectivity index (χ1n) is 14.3. The average molecular weight is 669 g/mol. The number of piperidine rings is 1. The summed E-state index contributed by atoms with van der Waals surface area (Å²) < 4.78 is 75.6. The number of carbonyl (C=O) groups is 1. The van der Waals surface area contributed by atoms with Gasteiger partial charge in [0.05, 0.1) is 16.2 Å². The van der Waals surface area contributed by atoms with Crippen LogP contribution < -0.4 is 0 Å². The molecule has 1 amide bonds. The highest BCUT2D eigenvalue weighted by molar-refractivity contribution is 7.91. The highest BCUT2D eigenvalue weighted by Gasteiger charge is 2.28. The molecule has 1 aliphatic rings. The molecule has 0 radical (unpaired) electrons. The summed E-state index contributed by atoms with van der Waals surface area (Å²) in [6.45, 7) is 4.70. The maximum absolute atomic E-state index is 14.2. The fraction of sp³-hybridized carbons (Fsp3) is 0.406. The molecule has 1 fully saturated rings. The molecule has 0 saturated carbocycles. The lowest BCUT2D eigenvalue weighted by molar-refractivity contribution is -0.133. The van der Waals surface area contributed by atoms with Gasteiger partial charge in [0, 0.05) is 50.2 Å². The van der Waals surface area contributed by atoms with Crippen molar-refractivity contribution >= 4 is 38.0 Å². The Morgan fingerprint density at radius 3 is 1.82 bits per heavy atom. The monoisotopic (exact) mass is 668 g/mol. The van der Waals surface area contributed by atoms with Crippen molar-refractivity contribution in [3.63, 3.8) is 0 Å². The predicted molar refractivity (Wildman–Crippen MR) is 170 cm³/mol. The molecule has 1 aliphatic heterocycles. The third kappa shape index (κ3) is 9.32. The Balaban J connectivity index is 0.00000529. The SMILES string of the molecule is CCN(C(=O)Cc1ccc(S(C)(=O)=O)cc1)C1CCN(CCC(c2ccc(S(C)(=O)=O)cc2)c2cc(F)cc(F)c2)CC1.Cl. The minimum Gasteiger partial charge on any atom is -0.340 e. The van der Waals surface area contributed by atoms with Crippen LogP contribution >= 0.6 is 12.4 Å². The van der Waals surface area contributed by atoms with Gasteiger partial charge < -0.3 is 9.80 Å².